The Hall–Kier alpha value is -1.94. The fourth-order valence-electron chi connectivity index (χ4n) is 5.00. The molecule has 2 aromatic carbocycles. The number of hydrogen-bond acceptors (Lipinski definition) is 3. The summed E-state index contributed by atoms with van der Waals surface area (Å²) in [5, 5.41) is 2.40. The number of ether oxygens (including phenoxy) is 1. The van der Waals surface area contributed by atoms with Gasteiger partial charge < -0.3 is 4.74 Å². The summed E-state index contributed by atoms with van der Waals surface area (Å²) in [5.74, 6) is -0.228. The zero-order valence-corrected chi connectivity index (χ0v) is 14.5. The summed E-state index contributed by atoms with van der Waals surface area (Å²) in [6.45, 7) is 0.0643. The van der Waals surface area contributed by atoms with E-state index in [2.05, 4.69) is 35.2 Å². The molecule has 132 valence electrons. The van der Waals surface area contributed by atoms with Crippen molar-refractivity contribution in [3.8, 4) is 0 Å². The molecule has 0 radical (unpaired) electrons. The molecule has 2 bridgehead atoms. The van der Waals surface area contributed by atoms with Gasteiger partial charge in [-0.2, -0.15) is 0 Å². The van der Waals surface area contributed by atoms with Crippen LogP contribution in [-0.4, -0.2) is 43.3 Å². The number of alkyl halides is 1. The molecule has 3 nitrogen and oxygen atoms in total. The predicted octanol–water partition coefficient (Wildman–Crippen LogP) is 3.92. The first-order valence-electron chi connectivity index (χ1n) is 9.11. The van der Waals surface area contributed by atoms with Crippen molar-refractivity contribution in [2.45, 2.75) is 37.3 Å². The Balaban J connectivity index is 1.72. The van der Waals surface area contributed by atoms with E-state index >= 15 is 0 Å². The Morgan fingerprint density at radius 1 is 1.20 bits per heavy atom. The summed E-state index contributed by atoms with van der Waals surface area (Å²) in [6, 6.07) is 15.2. The lowest BCUT2D eigenvalue weighted by molar-refractivity contribution is -0.150. The Kier molecular flexibility index (Phi) is 4.46. The van der Waals surface area contributed by atoms with Crippen LogP contribution in [0.4, 0.5) is 4.39 Å². The van der Waals surface area contributed by atoms with E-state index in [9.17, 15) is 9.18 Å². The van der Waals surface area contributed by atoms with Crippen molar-refractivity contribution in [2.24, 2.45) is 5.92 Å². The van der Waals surface area contributed by atoms with E-state index < -0.39 is 0 Å². The summed E-state index contributed by atoms with van der Waals surface area (Å²) < 4.78 is 18.1. The van der Waals surface area contributed by atoms with Gasteiger partial charge in [0.1, 0.15) is 6.67 Å². The summed E-state index contributed by atoms with van der Waals surface area (Å²) >= 11 is 0. The number of rotatable bonds is 4. The number of halogens is 1. The van der Waals surface area contributed by atoms with Gasteiger partial charge in [-0.15, -0.1) is 0 Å². The molecule has 4 atom stereocenters. The van der Waals surface area contributed by atoms with Crippen molar-refractivity contribution in [1.29, 1.82) is 0 Å². The molecule has 0 unspecified atom stereocenters. The molecule has 2 fully saturated rings. The highest BCUT2D eigenvalue weighted by atomic mass is 19.1. The molecule has 4 heteroatoms. The number of benzene rings is 2. The van der Waals surface area contributed by atoms with Crippen molar-refractivity contribution >= 4 is 16.7 Å². The van der Waals surface area contributed by atoms with E-state index in [0.717, 1.165) is 19.3 Å². The van der Waals surface area contributed by atoms with Crippen LogP contribution in [0.25, 0.3) is 10.8 Å². The second-order valence-corrected chi connectivity index (χ2v) is 7.22. The topological polar surface area (TPSA) is 29.5 Å². The Morgan fingerprint density at radius 3 is 2.76 bits per heavy atom. The third kappa shape index (κ3) is 2.82. The van der Waals surface area contributed by atoms with E-state index in [-0.39, 0.29) is 30.5 Å². The van der Waals surface area contributed by atoms with Crippen LogP contribution in [0.15, 0.2) is 42.5 Å². The third-order valence-electron chi connectivity index (χ3n) is 6.08. The van der Waals surface area contributed by atoms with Crippen LogP contribution in [0, 0.1) is 5.92 Å². The van der Waals surface area contributed by atoms with Gasteiger partial charge in [0.2, 0.25) is 0 Å². The van der Waals surface area contributed by atoms with Crippen molar-refractivity contribution in [2.75, 3.05) is 20.3 Å². The van der Waals surface area contributed by atoms with Crippen molar-refractivity contribution in [1.82, 2.24) is 4.90 Å². The van der Waals surface area contributed by atoms with Crippen LogP contribution in [0.2, 0.25) is 0 Å². The molecule has 0 spiro atoms. The number of carbonyl (C=O) groups is 1. The predicted molar refractivity (Wildman–Crippen MR) is 96.3 cm³/mol. The standard InChI is InChI=1S/C21H24FNO2/c1-25-21(24)20-18(13-17-8-9-19(20)23(17)11-10-22)16-7-6-14-4-2-3-5-15(14)12-16/h2-7,12,17-20H,8-11,13H2,1H3/t17-,18+,19+,20+/m0/s1. The Bertz CT molecular complexity index is 777. The van der Waals surface area contributed by atoms with Gasteiger partial charge in [0.05, 0.1) is 13.0 Å². The van der Waals surface area contributed by atoms with Crippen LogP contribution >= 0.6 is 0 Å². The number of piperidine rings is 1. The van der Waals surface area contributed by atoms with Gasteiger partial charge in [0, 0.05) is 24.5 Å². The van der Waals surface area contributed by atoms with E-state index in [1.54, 1.807) is 0 Å². The molecule has 2 aromatic rings. The van der Waals surface area contributed by atoms with Crippen LogP contribution in [0.3, 0.4) is 0 Å². The quantitative estimate of drug-likeness (QED) is 0.790. The van der Waals surface area contributed by atoms with Crippen LogP contribution < -0.4 is 0 Å². The number of fused-ring (bicyclic) bond motifs is 3. The van der Waals surface area contributed by atoms with Gasteiger partial charge >= 0.3 is 5.97 Å². The number of hydrogen-bond donors (Lipinski definition) is 0. The molecule has 0 N–H and O–H groups in total. The largest absolute Gasteiger partial charge is 0.469 e. The fourth-order valence-corrected chi connectivity index (χ4v) is 5.00. The first-order valence-corrected chi connectivity index (χ1v) is 9.11. The van der Waals surface area contributed by atoms with Crippen molar-refractivity contribution in [3.63, 3.8) is 0 Å². The minimum atomic E-state index is -0.360. The molecule has 2 aliphatic rings. The summed E-state index contributed by atoms with van der Waals surface area (Å²) in [6.07, 6.45) is 2.89. The maximum Gasteiger partial charge on any atom is 0.310 e. The average Bonchev–Trinajstić information content (AvgIpc) is 2.92. The van der Waals surface area contributed by atoms with E-state index in [4.69, 9.17) is 4.74 Å². The van der Waals surface area contributed by atoms with Gasteiger partial charge in [-0.05, 0) is 35.6 Å². The first-order chi connectivity index (χ1) is 12.2. The smallest absolute Gasteiger partial charge is 0.310 e. The highest BCUT2D eigenvalue weighted by Crippen LogP contribution is 2.47. The SMILES string of the molecule is COC(=O)[C@@H]1[C@@H](c2ccc3ccccc3c2)C[C@@H]2CC[C@H]1N2CCF. The molecule has 0 amide bonds. The highest BCUT2D eigenvalue weighted by Gasteiger charge is 2.50. The van der Waals surface area contributed by atoms with E-state index in [1.165, 1.54) is 23.4 Å². The molecular weight excluding hydrogens is 317 g/mol. The molecule has 4 rings (SSSR count). The van der Waals surface area contributed by atoms with Crippen LogP contribution in [0.1, 0.15) is 30.7 Å². The van der Waals surface area contributed by atoms with Gasteiger partial charge in [-0.25, -0.2) is 4.39 Å². The molecule has 2 saturated heterocycles. The monoisotopic (exact) mass is 341 g/mol. The third-order valence-corrected chi connectivity index (χ3v) is 6.08. The minimum Gasteiger partial charge on any atom is -0.469 e. The lowest BCUT2D eigenvalue weighted by atomic mass is 9.75. The first kappa shape index (κ1) is 16.5. The summed E-state index contributed by atoms with van der Waals surface area (Å²) in [4.78, 5) is 14.8. The Morgan fingerprint density at radius 2 is 2.00 bits per heavy atom. The van der Waals surface area contributed by atoms with Gasteiger partial charge in [0.25, 0.3) is 0 Å². The molecule has 2 aliphatic heterocycles. The number of carbonyl (C=O) groups excluding carboxylic acids is 1. The second-order valence-electron chi connectivity index (χ2n) is 7.22. The van der Waals surface area contributed by atoms with Crippen molar-refractivity contribution < 1.29 is 13.9 Å². The fraction of sp³-hybridized carbons (Fsp3) is 0.476. The maximum atomic E-state index is 13.0. The van der Waals surface area contributed by atoms with Crippen molar-refractivity contribution in [3.05, 3.63) is 48.0 Å². The van der Waals surface area contributed by atoms with Gasteiger partial charge in [-0.1, -0.05) is 42.5 Å². The van der Waals surface area contributed by atoms with E-state index in [0.29, 0.717) is 12.6 Å². The summed E-state index contributed by atoms with van der Waals surface area (Å²) in [7, 11) is 1.46. The zero-order chi connectivity index (χ0) is 17.4. The molecule has 25 heavy (non-hydrogen) atoms. The second kappa shape index (κ2) is 6.75. The normalized spacial score (nSPS) is 29.0. The van der Waals surface area contributed by atoms with Gasteiger partial charge in [-0.3, -0.25) is 9.69 Å². The summed E-state index contributed by atoms with van der Waals surface area (Å²) in [5.41, 5.74) is 1.20. The minimum absolute atomic E-state index is 0.0958. The molecule has 0 aliphatic carbocycles. The van der Waals surface area contributed by atoms with Gasteiger partial charge in [0.15, 0.2) is 0 Å². The number of esters is 1. The lowest BCUT2D eigenvalue weighted by Gasteiger charge is -2.43. The zero-order valence-electron chi connectivity index (χ0n) is 14.5. The molecule has 0 aromatic heterocycles. The lowest BCUT2D eigenvalue weighted by Crippen LogP contribution is -2.51. The molecule has 0 saturated carbocycles. The molecular formula is C21H24FNO2. The number of methoxy groups -OCH3 is 1. The molecule has 2 heterocycles. The van der Waals surface area contributed by atoms with E-state index in [1.807, 2.05) is 12.1 Å². The number of nitrogens with zero attached hydrogens (tertiary/aromatic N) is 1. The highest BCUT2D eigenvalue weighted by molar-refractivity contribution is 5.83. The Labute approximate surface area is 147 Å². The average molecular weight is 341 g/mol. The maximum absolute atomic E-state index is 13.0. The van der Waals surface area contributed by atoms with Crippen LogP contribution in [0.5, 0.6) is 0 Å². The van der Waals surface area contributed by atoms with Crippen LogP contribution in [-0.2, 0) is 9.53 Å².